The van der Waals surface area contributed by atoms with E-state index in [0.717, 1.165) is 17.8 Å². The van der Waals surface area contributed by atoms with Gasteiger partial charge in [-0.3, -0.25) is 0 Å². The van der Waals surface area contributed by atoms with Gasteiger partial charge >= 0.3 is 0 Å². The lowest BCUT2D eigenvalue weighted by molar-refractivity contribution is 0.916. The molecule has 2 aromatic carbocycles. The van der Waals surface area contributed by atoms with Crippen molar-refractivity contribution in [1.29, 1.82) is 0 Å². The molecule has 2 heteroatoms. The molecule has 2 aromatic rings. The number of nitrogen functional groups attached to an aromatic ring is 1. The summed E-state index contributed by atoms with van der Waals surface area (Å²) in [5, 5.41) is 0. The van der Waals surface area contributed by atoms with E-state index < -0.39 is 0 Å². The number of hydrogen-bond donors (Lipinski definition) is 1. The molecule has 0 aliphatic carbocycles. The maximum Gasteiger partial charge on any atom is 0.0426 e. The molecule has 2 rings (SSSR count). The molecule has 0 aliphatic heterocycles. The van der Waals surface area contributed by atoms with Gasteiger partial charge in [0.1, 0.15) is 0 Å². The first kappa shape index (κ1) is 12.5. The molecule has 0 spiro atoms. The van der Waals surface area contributed by atoms with Gasteiger partial charge in [-0.1, -0.05) is 30.3 Å². The number of nitrogens with two attached hydrogens (primary N) is 1. The normalized spacial score (nSPS) is 10.4. The van der Waals surface area contributed by atoms with Crippen molar-refractivity contribution in [1.82, 2.24) is 0 Å². The highest BCUT2D eigenvalue weighted by Gasteiger charge is 2.05. The number of hydrogen-bond acceptors (Lipinski definition) is 2. The summed E-state index contributed by atoms with van der Waals surface area (Å²) in [6.07, 6.45) is 0. The van der Waals surface area contributed by atoms with Gasteiger partial charge in [0, 0.05) is 25.0 Å². The van der Waals surface area contributed by atoms with Crippen LogP contribution in [0.1, 0.15) is 16.7 Å². The van der Waals surface area contributed by atoms with Crippen molar-refractivity contribution in [2.75, 3.05) is 17.7 Å². The third kappa shape index (κ3) is 2.65. The number of nitrogens with zero attached hydrogens (tertiary/aromatic N) is 1. The van der Waals surface area contributed by atoms with Gasteiger partial charge in [-0.25, -0.2) is 0 Å². The van der Waals surface area contributed by atoms with E-state index in [2.05, 4.69) is 55.3 Å². The molecule has 94 valence electrons. The van der Waals surface area contributed by atoms with Crippen LogP contribution < -0.4 is 10.6 Å². The summed E-state index contributed by atoms with van der Waals surface area (Å²) in [6.45, 7) is 5.08. The summed E-state index contributed by atoms with van der Waals surface area (Å²) < 4.78 is 0. The van der Waals surface area contributed by atoms with Crippen molar-refractivity contribution in [3.8, 4) is 0 Å². The Bertz CT molecular complexity index is 547. The van der Waals surface area contributed by atoms with Crippen molar-refractivity contribution in [3.05, 3.63) is 59.2 Å². The quantitative estimate of drug-likeness (QED) is 0.832. The molecule has 0 bridgehead atoms. The summed E-state index contributed by atoms with van der Waals surface area (Å²) in [5.41, 5.74) is 11.7. The zero-order chi connectivity index (χ0) is 13.1. The second kappa shape index (κ2) is 5.13. The minimum Gasteiger partial charge on any atom is -0.399 e. The summed E-state index contributed by atoms with van der Waals surface area (Å²) >= 11 is 0. The Morgan fingerprint density at radius 1 is 1.00 bits per heavy atom. The molecule has 2 N–H and O–H groups in total. The first-order valence-electron chi connectivity index (χ1n) is 6.19. The molecule has 0 amide bonds. The molecule has 0 saturated heterocycles. The van der Waals surface area contributed by atoms with E-state index >= 15 is 0 Å². The maximum absolute atomic E-state index is 5.84. The Kier molecular flexibility index (Phi) is 3.56. The molecule has 0 heterocycles. The van der Waals surface area contributed by atoms with Gasteiger partial charge < -0.3 is 10.6 Å². The smallest absolute Gasteiger partial charge is 0.0426 e. The lowest BCUT2D eigenvalue weighted by Crippen LogP contribution is -2.17. The van der Waals surface area contributed by atoms with Crippen molar-refractivity contribution in [3.63, 3.8) is 0 Å². The van der Waals surface area contributed by atoms with E-state index in [1.54, 1.807) is 0 Å². The Hall–Kier alpha value is -1.96. The molecular formula is C16H20N2. The molecule has 0 fully saturated rings. The second-order valence-electron chi connectivity index (χ2n) is 4.83. The van der Waals surface area contributed by atoms with E-state index in [1.165, 1.54) is 16.8 Å². The lowest BCUT2D eigenvalue weighted by atomic mass is 10.1. The second-order valence-corrected chi connectivity index (χ2v) is 4.83. The fourth-order valence-corrected chi connectivity index (χ4v) is 2.19. The maximum atomic E-state index is 5.84. The van der Waals surface area contributed by atoms with Crippen LogP contribution in [0, 0.1) is 13.8 Å². The van der Waals surface area contributed by atoms with Gasteiger partial charge in [-0.05, 0) is 42.7 Å². The Morgan fingerprint density at radius 3 is 2.39 bits per heavy atom. The predicted molar refractivity (Wildman–Crippen MR) is 78.9 cm³/mol. The lowest BCUT2D eigenvalue weighted by Gasteiger charge is -2.21. The fraction of sp³-hybridized carbons (Fsp3) is 0.250. The van der Waals surface area contributed by atoms with Gasteiger partial charge in [0.2, 0.25) is 0 Å². The zero-order valence-corrected chi connectivity index (χ0v) is 11.3. The SMILES string of the molecule is Cc1cc(CN(C)c2ccccc2C)ccc1N. The van der Waals surface area contributed by atoms with Crippen LogP contribution >= 0.6 is 0 Å². The fourth-order valence-electron chi connectivity index (χ4n) is 2.19. The average Bonchev–Trinajstić information content (AvgIpc) is 2.34. The van der Waals surface area contributed by atoms with E-state index in [1.807, 2.05) is 13.0 Å². The first-order valence-corrected chi connectivity index (χ1v) is 6.19. The predicted octanol–water partition coefficient (Wildman–Crippen LogP) is 3.52. The van der Waals surface area contributed by atoms with E-state index in [0.29, 0.717) is 0 Å². The third-order valence-corrected chi connectivity index (χ3v) is 3.28. The Balaban J connectivity index is 2.19. The van der Waals surface area contributed by atoms with Crippen LogP contribution in [0.4, 0.5) is 11.4 Å². The number of anilines is 2. The van der Waals surface area contributed by atoms with Crippen molar-refractivity contribution >= 4 is 11.4 Å². The minimum absolute atomic E-state index is 0.859. The van der Waals surface area contributed by atoms with Gasteiger partial charge in [0.25, 0.3) is 0 Å². The van der Waals surface area contributed by atoms with Crippen LogP contribution in [0.15, 0.2) is 42.5 Å². The van der Waals surface area contributed by atoms with Gasteiger partial charge in [-0.2, -0.15) is 0 Å². The van der Waals surface area contributed by atoms with Crippen LogP contribution in [0.25, 0.3) is 0 Å². The Morgan fingerprint density at radius 2 is 1.72 bits per heavy atom. The van der Waals surface area contributed by atoms with Crippen LogP contribution in [0.5, 0.6) is 0 Å². The molecular weight excluding hydrogens is 220 g/mol. The molecule has 0 atom stereocenters. The molecule has 18 heavy (non-hydrogen) atoms. The van der Waals surface area contributed by atoms with Gasteiger partial charge in [0.15, 0.2) is 0 Å². The van der Waals surface area contributed by atoms with Crippen molar-refractivity contribution in [2.24, 2.45) is 0 Å². The van der Waals surface area contributed by atoms with E-state index in [9.17, 15) is 0 Å². The average molecular weight is 240 g/mol. The molecule has 0 aromatic heterocycles. The number of benzene rings is 2. The third-order valence-electron chi connectivity index (χ3n) is 3.28. The standard InChI is InChI=1S/C16H20N2/c1-12-6-4-5-7-16(12)18(3)11-14-8-9-15(17)13(2)10-14/h4-10H,11,17H2,1-3H3. The number of rotatable bonds is 3. The summed E-state index contributed by atoms with van der Waals surface area (Å²) in [4.78, 5) is 2.26. The largest absolute Gasteiger partial charge is 0.399 e. The Labute approximate surface area is 109 Å². The zero-order valence-electron chi connectivity index (χ0n) is 11.3. The molecule has 0 saturated carbocycles. The minimum atomic E-state index is 0.859. The highest BCUT2D eigenvalue weighted by Crippen LogP contribution is 2.21. The molecule has 0 aliphatic rings. The number of aryl methyl sites for hydroxylation is 2. The van der Waals surface area contributed by atoms with Crippen LogP contribution in [0.2, 0.25) is 0 Å². The van der Waals surface area contributed by atoms with Crippen LogP contribution in [0.3, 0.4) is 0 Å². The molecule has 0 radical (unpaired) electrons. The molecule has 2 nitrogen and oxygen atoms in total. The monoisotopic (exact) mass is 240 g/mol. The highest BCUT2D eigenvalue weighted by atomic mass is 15.1. The van der Waals surface area contributed by atoms with Crippen molar-refractivity contribution < 1.29 is 0 Å². The van der Waals surface area contributed by atoms with Gasteiger partial charge in [-0.15, -0.1) is 0 Å². The highest BCUT2D eigenvalue weighted by molar-refractivity contribution is 5.53. The van der Waals surface area contributed by atoms with E-state index in [4.69, 9.17) is 5.73 Å². The number of para-hydroxylation sites is 1. The summed E-state index contributed by atoms with van der Waals surface area (Å²) in [6, 6.07) is 14.7. The first-order chi connectivity index (χ1) is 8.58. The summed E-state index contributed by atoms with van der Waals surface area (Å²) in [5.74, 6) is 0. The van der Waals surface area contributed by atoms with Crippen molar-refractivity contribution in [2.45, 2.75) is 20.4 Å². The summed E-state index contributed by atoms with van der Waals surface area (Å²) in [7, 11) is 2.12. The van der Waals surface area contributed by atoms with E-state index in [-0.39, 0.29) is 0 Å². The van der Waals surface area contributed by atoms with Gasteiger partial charge in [0.05, 0.1) is 0 Å². The van der Waals surface area contributed by atoms with Crippen LogP contribution in [-0.2, 0) is 6.54 Å². The van der Waals surface area contributed by atoms with Crippen LogP contribution in [-0.4, -0.2) is 7.05 Å². The molecule has 0 unspecified atom stereocenters. The topological polar surface area (TPSA) is 29.3 Å².